The highest BCUT2D eigenvalue weighted by molar-refractivity contribution is 6.05. The van der Waals surface area contributed by atoms with Crippen molar-refractivity contribution in [3.8, 4) is 5.75 Å². The van der Waals surface area contributed by atoms with Crippen molar-refractivity contribution < 1.29 is 28.6 Å². The molecule has 0 aliphatic carbocycles. The maximum Gasteiger partial charge on any atom is 0.311 e. The molecule has 0 aliphatic heterocycles. The Morgan fingerprint density at radius 1 is 1.19 bits per heavy atom. The number of aliphatic carboxylic acids is 1. The topological polar surface area (TPSA) is 79.5 Å². The van der Waals surface area contributed by atoms with Crippen LogP contribution in [-0.4, -0.2) is 26.7 Å². The number of benzene rings is 2. The lowest BCUT2D eigenvalue weighted by Crippen LogP contribution is -2.16. The number of carbonyl (C=O) groups is 2. The van der Waals surface area contributed by atoms with Gasteiger partial charge in [-0.3, -0.25) is 14.2 Å². The smallest absolute Gasteiger partial charge is 0.311 e. The first-order valence-corrected chi connectivity index (χ1v) is 8.33. The Balaban J connectivity index is 2.38. The number of aromatic nitrogens is 1. The predicted octanol–water partition coefficient (Wildman–Crippen LogP) is 4.20. The summed E-state index contributed by atoms with van der Waals surface area (Å²) in [7, 11) is 0. The SMILES string of the molecule is CC[C@H](C(=O)O)c1c(C)n(C(=O)c2cccc(F)c2)c2ccc(O)c(F)c12. The summed E-state index contributed by atoms with van der Waals surface area (Å²) in [4.78, 5) is 24.7. The predicted molar refractivity (Wildman–Crippen MR) is 95.1 cm³/mol. The molecule has 0 saturated carbocycles. The van der Waals surface area contributed by atoms with Crippen LogP contribution in [-0.2, 0) is 4.79 Å². The Hall–Kier alpha value is -3.22. The minimum absolute atomic E-state index is 0.0402. The second-order valence-corrected chi connectivity index (χ2v) is 6.24. The van der Waals surface area contributed by atoms with Gasteiger partial charge >= 0.3 is 5.97 Å². The number of rotatable bonds is 4. The zero-order valence-corrected chi connectivity index (χ0v) is 14.7. The van der Waals surface area contributed by atoms with Gasteiger partial charge in [-0.1, -0.05) is 13.0 Å². The lowest BCUT2D eigenvalue weighted by atomic mass is 9.93. The second-order valence-electron chi connectivity index (χ2n) is 6.24. The van der Waals surface area contributed by atoms with E-state index in [-0.39, 0.29) is 34.1 Å². The maximum absolute atomic E-state index is 14.7. The summed E-state index contributed by atoms with van der Waals surface area (Å²) in [5.74, 6) is -5.08. The number of phenolic OH excluding ortho intramolecular Hbond substituents is 1. The fourth-order valence-electron chi connectivity index (χ4n) is 3.42. The van der Waals surface area contributed by atoms with E-state index in [1.807, 2.05) is 0 Å². The lowest BCUT2D eigenvalue weighted by molar-refractivity contribution is -0.138. The standard InChI is InChI=1S/C20H17F2NO4/c1-3-13(20(26)27)16-10(2)23(14-7-8-15(24)18(22)17(14)16)19(25)11-5-4-6-12(21)9-11/h4-9,13,24H,3H2,1-2H3,(H,26,27)/t13-/m0/s1. The molecule has 140 valence electrons. The molecule has 1 aromatic heterocycles. The lowest BCUT2D eigenvalue weighted by Gasteiger charge is -2.12. The molecule has 0 fully saturated rings. The van der Waals surface area contributed by atoms with Crippen molar-refractivity contribution in [2.24, 2.45) is 0 Å². The zero-order valence-electron chi connectivity index (χ0n) is 14.7. The molecular formula is C20H17F2NO4. The van der Waals surface area contributed by atoms with Gasteiger partial charge in [0.1, 0.15) is 5.82 Å². The molecule has 0 aliphatic rings. The molecule has 0 unspecified atom stereocenters. The van der Waals surface area contributed by atoms with Gasteiger partial charge in [-0.25, -0.2) is 8.78 Å². The van der Waals surface area contributed by atoms with Gasteiger partial charge < -0.3 is 10.2 Å². The fourth-order valence-corrected chi connectivity index (χ4v) is 3.42. The third-order valence-electron chi connectivity index (χ3n) is 4.66. The van der Waals surface area contributed by atoms with E-state index in [1.54, 1.807) is 6.92 Å². The molecule has 0 saturated heterocycles. The number of phenols is 1. The van der Waals surface area contributed by atoms with Crippen LogP contribution in [0.2, 0.25) is 0 Å². The van der Waals surface area contributed by atoms with Gasteiger partial charge in [-0.2, -0.15) is 0 Å². The van der Waals surface area contributed by atoms with E-state index in [9.17, 15) is 28.6 Å². The average molecular weight is 373 g/mol. The monoisotopic (exact) mass is 373 g/mol. The highest BCUT2D eigenvalue weighted by Gasteiger charge is 2.30. The number of fused-ring (bicyclic) bond motifs is 1. The Kier molecular flexibility index (Phi) is 4.70. The first-order chi connectivity index (χ1) is 12.8. The van der Waals surface area contributed by atoms with Crippen LogP contribution in [0.4, 0.5) is 8.78 Å². The Labute approximate surface area is 153 Å². The molecule has 0 bridgehead atoms. The number of hydrogen-bond donors (Lipinski definition) is 2. The van der Waals surface area contributed by atoms with Crippen LogP contribution < -0.4 is 0 Å². The summed E-state index contributed by atoms with van der Waals surface area (Å²) in [5, 5.41) is 19.2. The van der Waals surface area contributed by atoms with E-state index in [2.05, 4.69) is 0 Å². The van der Waals surface area contributed by atoms with E-state index < -0.39 is 35.2 Å². The molecule has 7 heteroatoms. The number of carbonyl (C=O) groups excluding carboxylic acids is 1. The summed E-state index contributed by atoms with van der Waals surface area (Å²) < 4.78 is 29.4. The number of nitrogens with zero attached hydrogens (tertiary/aromatic N) is 1. The minimum Gasteiger partial charge on any atom is -0.505 e. The van der Waals surface area contributed by atoms with Crippen LogP contribution in [0.3, 0.4) is 0 Å². The van der Waals surface area contributed by atoms with E-state index in [0.717, 1.165) is 16.7 Å². The Morgan fingerprint density at radius 2 is 1.89 bits per heavy atom. The maximum atomic E-state index is 14.7. The van der Waals surface area contributed by atoms with E-state index >= 15 is 0 Å². The van der Waals surface area contributed by atoms with Gasteiger partial charge in [0.25, 0.3) is 5.91 Å². The van der Waals surface area contributed by atoms with E-state index in [0.29, 0.717) is 0 Å². The molecule has 2 N–H and O–H groups in total. The van der Waals surface area contributed by atoms with Gasteiger partial charge in [0, 0.05) is 16.6 Å². The van der Waals surface area contributed by atoms with Crippen LogP contribution in [0.25, 0.3) is 10.9 Å². The molecule has 0 radical (unpaired) electrons. The highest BCUT2D eigenvalue weighted by Crippen LogP contribution is 2.38. The molecule has 5 nitrogen and oxygen atoms in total. The molecule has 2 aromatic carbocycles. The van der Waals surface area contributed by atoms with Crippen molar-refractivity contribution in [3.63, 3.8) is 0 Å². The fraction of sp³-hybridized carbons (Fsp3) is 0.200. The molecule has 0 amide bonds. The largest absolute Gasteiger partial charge is 0.505 e. The second kappa shape index (κ2) is 6.83. The average Bonchev–Trinajstić information content (AvgIpc) is 2.91. The van der Waals surface area contributed by atoms with Crippen LogP contribution >= 0.6 is 0 Å². The Morgan fingerprint density at radius 3 is 2.48 bits per heavy atom. The van der Waals surface area contributed by atoms with Crippen molar-refractivity contribution >= 4 is 22.8 Å². The number of aromatic hydroxyl groups is 1. The van der Waals surface area contributed by atoms with Crippen LogP contribution in [0.1, 0.15) is 40.9 Å². The van der Waals surface area contributed by atoms with Crippen LogP contribution in [0.5, 0.6) is 5.75 Å². The zero-order chi connectivity index (χ0) is 19.9. The van der Waals surface area contributed by atoms with Crippen molar-refractivity contribution in [1.29, 1.82) is 0 Å². The summed E-state index contributed by atoms with van der Waals surface area (Å²) in [6.45, 7) is 3.14. The highest BCUT2D eigenvalue weighted by atomic mass is 19.1. The normalized spacial score (nSPS) is 12.3. The van der Waals surface area contributed by atoms with Gasteiger partial charge in [-0.15, -0.1) is 0 Å². The third-order valence-corrected chi connectivity index (χ3v) is 4.66. The number of carboxylic acid groups (broad SMARTS) is 1. The van der Waals surface area contributed by atoms with Gasteiger partial charge in [0.15, 0.2) is 11.6 Å². The summed E-state index contributed by atoms with van der Waals surface area (Å²) in [6, 6.07) is 7.48. The molecule has 1 atom stereocenters. The van der Waals surface area contributed by atoms with Gasteiger partial charge in [0.2, 0.25) is 0 Å². The number of carboxylic acids is 1. The van der Waals surface area contributed by atoms with Gasteiger partial charge in [0.05, 0.1) is 11.4 Å². The van der Waals surface area contributed by atoms with Crippen molar-refractivity contribution in [2.75, 3.05) is 0 Å². The molecule has 1 heterocycles. The van der Waals surface area contributed by atoms with Crippen molar-refractivity contribution in [1.82, 2.24) is 4.57 Å². The van der Waals surface area contributed by atoms with Crippen LogP contribution in [0, 0.1) is 18.6 Å². The van der Waals surface area contributed by atoms with E-state index in [4.69, 9.17) is 0 Å². The summed E-state index contributed by atoms with van der Waals surface area (Å²) in [5.41, 5.74) is 0.515. The molecule has 27 heavy (non-hydrogen) atoms. The first-order valence-electron chi connectivity index (χ1n) is 8.33. The molecule has 3 rings (SSSR count). The molecular weight excluding hydrogens is 356 g/mol. The summed E-state index contributed by atoms with van der Waals surface area (Å²) in [6.07, 6.45) is 0.165. The van der Waals surface area contributed by atoms with E-state index in [1.165, 1.54) is 31.2 Å². The van der Waals surface area contributed by atoms with Crippen LogP contribution in [0.15, 0.2) is 36.4 Å². The third kappa shape index (κ3) is 2.95. The molecule has 0 spiro atoms. The van der Waals surface area contributed by atoms with Gasteiger partial charge in [-0.05, 0) is 49.2 Å². The number of halogens is 2. The number of hydrogen-bond acceptors (Lipinski definition) is 3. The molecule has 3 aromatic rings. The Bertz CT molecular complexity index is 1070. The van der Waals surface area contributed by atoms with Crippen molar-refractivity contribution in [2.45, 2.75) is 26.2 Å². The van der Waals surface area contributed by atoms with Crippen molar-refractivity contribution in [3.05, 3.63) is 64.9 Å². The quantitative estimate of drug-likeness (QED) is 0.718. The minimum atomic E-state index is -1.17. The first kappa shape index (κ1) is 18.6. The summed E-state index contributed by atoms with van der Waals surface area (Å²) >= 11 is 0.